The summed E-state index contributed by atoms with van der Waals surface area (Å²) in [5.41, 5.74) is 0.787. The highest BCUT2D eigenvalue weighted by atomic mass is 35.5. The van der Waals surface area contributed by atoms with Gasteiger partial charge in [0.05, 0.1) is 15.4 Å². The van der Waals surface area contributed by atoms with Gasteiger partial charge in [-0.15, -0.1) is 11.3 Å². The van der Waals surface area contributed by atoms with E-state index in [0.29, 0.717) is 21.4 Å². The van der Waals surface area contributed by atoms with Crippen LogP contribution in [-0.2, 0) is 12.7 Å². The molecule has 144 valence electrons. The molecule has 3 aromatic heterocycles. The highest BCUT2D eigenvalue weighted by Gasteiger charge is 2.33. The molecule has 0 amide bonds. The molecule has 0 saturated carbocycles. The highest BCUT2D eigenvalue weighted by molar-refractivity contribution is 7.18. The van der Waals surface area contributed by atoms with Crippen LogP contribution in [0.15, 0.2) is 36.9 Å². The Balaban J connectivity index is 1.75. The molecule has 12 heteroatoms. The van der Waals surface area contributed by atoms with Gasteiger partial charge in [-0.1, -0.05) is 29.3 Å². The van der Waals surface area contributed by atoms with Gasteiger partial charge in [-0.3, -0.25) is 0 Å². The molecule has 1 aromatic carbocycles. The lowest BCUT2D eigenvalue weighted by atomic mass is 10.2. The molecule has 0 aliphatic heterocycles. The maximum atomic E-state index is 13.2. The maximum Gasteiger partial charge on any atom is 0.425 e. The Hall–Kier alpha value is -2.43. The molecule has 0 atom stereocenters. The first kappa shape index (κ1) is 18.9. The molecular formula is C16H9Cl2F3N6S. The average molecular weight is 445 g/mol. The number of benzene rings is 1. The number of nitrogens with one attached hydrogen (secondary N) is 1. The van der Waals surface area contributed by atoms with Gasteiger partial charge in [0.1, 0.15) is 28.2 Å². The quantitative estimate of drug-likeness (QED) is 0.467. The SMILES string of the molecule is FC(F)(F)c1cc2c(NCc3ccc(Cl)c(Cl)c3)nc(-n3cncn3)nc2s1. The third-order valence-electron chi connectivity index (χ3n) is 3.73. The molecule has 0 unspecified atom stereocenters. The Morgan fingerprint density at radius 3 is 2.61 bits per heavy atom. The summed E-state index contributed by atoms with van der Waals surface area (Å²) in [5.74, 6) is 0.352. The molecule has 28 heavy (non-hydrogen) atoms. The summed E-state index contributed by atoms with van der Waals surface area (Å²) in [4.78, 5) is 11.7. The second kappa shape index (κ2) is 7.19. The number of thiophene rings is 1. The Kier molecular flexibility index (Phi) is 4.86. The minimum absolute atomic E-state index is 0.109. The highest BCUT2D eigenvalue weighted by Crippen LogP contribution is 2.39. The van der Waals surface area contributed by atoms with Crippen molar-refractivity contribution in [3.05, 3.63) is 57.4 Å². The van der Waals surface area contributed by atoms with E-state index in [1.165, 1.54) is 17.3 Å². The number of anilines is 1. The first-order valence-electron chi connectivity index (χ1n) is 7.73. The molecule has 6 nitrogen and oxygen atoms in total. The van der Waals surface area contributed by atoms with Crippen molar-refractivity contribution in [2.45, 2.75) is 12.7 Å². The van der Waals surface area contributed by atoms with E-state index in [2.05, 4.69) is 25.4 Å². The predicted molar refractivity (Wildman–Crippen MR) is 101 cm³/mol. The summed E-state index contributed by atoms with van der Waals surface area (Å²) < 4.78 is 40.7. The smallest absolute Gasteiger partial charge is 0.365 e. The predicted octanol–water partition coefficient (Wildman–Crippen LogP) is 5.21. The first-order chi connectivity index (χ1) is 13.3. The lowest BCUT2D eigenvalue weighted by Crippen LogP contribution is -2.07. The monoisotopic (exact) mass is 444 g/mol. The zero-order chi connectivity index (χ0) is 19.9. The van der Waals surface area contributed by atoms with Crippen LogP contribution in [0, 0.1) is 0 Å². The lowest BCUT2D eigenvalue weighted by molar-refractivity contribution is -0.134. The summed E-state index contributed by atoms with van der Waals surface area (Å²) in [6, 6.07) is 6.10. The number of halogens is 5. The number of hydrogen-bond donors (Lipinski definition) is 1. The van der Waals surface area contributed by atoms with Crippen molar-refractivity contribution < 1.29 is 13.2 Å². The van der Waals surface area contributed by atoms with E-state index >= 15 is 0 Å². The fourth-order valence-electron chi connectivity index (χ4n) is 2.43. The summed E-state index contributed by atoms with van der Waals surface area (Å²) in [6.07, 6.45) is -1.83. The average Bonchev–Trinajstić information content (AvgIpc) is 3.31. The van der Waals surface area contributed by atoms with Crippen LogP contribution in [-0.4, -0.2) is 24.7 Å². The van der Waals surface area contributed by atoms with Crippen molar-refractivity contribution in [2.24, 2.45) is 0 Å². The Bertz CT molecular complexity index is 1140. The molecule has 0 aliphatic rings. The van der Waals surface area contributed by atoms with Gasteiger partial charge in [0.25, 0.3) is 5.95 Å². The van der Waals surface area contributed by atoms with Gasteiger partial charge in [0.2, 0.25) is 0 Å². The minimum atomic E-state index is -4.47. The van der Waals surface area contributed by atoms with E-state index < -0.39 is 11.1 Å². The Labute approximate surface area is 170 Å². The van der Waals surface area contributed by atoms with Crippen molar-refractivity contribution in [3.63, 3.8) is 0 Å². The van der Waals surface area contributed by atoms with Crippen molar-refractivity contribution in [3.8, 4) is 5.95 Å². The number of aromatic nitrogens is 5. The number of nitrogens with zero attached hydrogens (tertiary/aromatic N) is 5. The van der Waals surface area contributed by atoms with Crippen LogP contribution in [0.25, 0.3) is 16.2 Å². The van der Waals surface area contributed by atoms with Crippen molar-refractivity contribution in [2.75, 3.05) is 5.32 Å². The molecule has 1 N–H and O–H groups in total. The number of alkyl halides is 3. The molecule has 0 bridgehead atoms. The lowest BCUT2D eigenvalue weighted by Gasteiger charge is -2.09. The van der Waals surface area contributed by atoms with E-state index in [0.717, 1.165) is 11.6 Å². The fourth-order valence-corrected chi connectivity index (χ4v) is 3.65. The van der Waals surface area contributed by atoms with E-state index in [9.17, 15) is 13.2 Å². The van der Waals surface area contributed by atoms with Crippen LogP contribution in [0.4, 0.5) is 19.0 Å². The zero-order valence-electron chi connectivity index (χ0n) is 13.7. The van der Waals surface area contributed by atoms with Crippen LogP contribution in [0.5, 0.6) is 0 Å². The van der Waals surface area contributed by atoms with Gasteiger partial charge in [-0.2, -0.15) is 32.9 Å². The number of rotatable bonds is 4. The van der Waals surface area contributed by atoms with E-state index in [1.54, 1.807) is 18.2 Å². The molecule has 0 fully saturated rings. The molecule has 4 aromatic rings. The van der Waals surface area contributed by atoms with E-state index in [1.807, 2.05) is 0 Å². The summed E-state index contributed by atoms with van der Waals surface area (Å²) in [7, 11) is 0. The molecule has 0 radical (unpaired) electrons. The maximum absolute atomic E-state index is 13.2. The molecular weight excluding hydrogens is 436 g/mol. The first-order valence-corrected chi connectivity index (χ1v) is 9.30. The minimum Gasteiger partial charge on any atom is -0.365 e. The summed E-state index contributed by atoms with van der Waals surface area (Å²) in [5, 5.41) is 8.03. The topological polar surface area (TPSA) is 68.5 Å². The third kappa shape index (κ3) is 3.75. The normalized spacial score (nSPS) is 11.9. The number of hydrogen-bond acceptors (Lipinski definition) is 6. The third-order valence-corrected chi connectivity index (χ3v) is 5.54. The van der Waals surface area contributed by atoms with E-state index in [4.69, 9.17) is 23.2 Å². The molecule has 0 saturated heterocycles. The van der Waals surface area contributed by atoms with Crippen molar-refractivity contribution in [1.29, 1.82) is 0 Å². The Morgan fingerprint density at radius 1 is 1.11 bits per heavy atom. The van der Waals surface area contributed by atoms with Crippen LogP contribution < -0.4 is 5.32 Å². The van der Waals surface area contributed by atoms with Crippen LogP contribution in [0.1, 0.15) is 10.4 Å². The number of fused-ring (bicyclic) bond motifs is 1. The summed E-state index contributed by atoms with van der Waals surface area (Å²) in [6.45, 7) is 0.275. The molecule has 0 aliphatic carbocycles. The van der Waals surface area contributed by atoms with Gasteiger partial charge in [0, 0.05) is 6.54 Å². The fraction of sp³-hybridized carbons (Fsp3) is 0.125. The van der Waals surface area contributed by atoms with Crippen LogP contribution in [0.3, 0.4) is 0 Å². The van der Waals surface area contributed by atoms with Gasteiger partial charge in [0.15, 0.2) is 0 Å². The largest absolute Gasteiger partial charge is 0.425 e. The second-order valence-corrected chi connectivity index (χ2v) is 7.49. The van der Waals surface area contributed by atoms with Gasteiger partial charge < -0.3 is 5.32 Å². The van der Waals surface area contributed by atoms with Crippen molar-refractivity contribution in [1.82, 2.24) is 24.7 Å². The molecule has 0 spiro atoms. The molecule has 4 rings (SSSR count). The van der Waals surface area contributed by atoms with Gasteiger partial charge >= 0.3 is 6.18 Å². The van der Waals surface area contributed by atoms with Gasteiger partial charge in [-0.25, -0.2) is 4.98 Å². The summed E-state index contributed by atoms with van der Waals surface area (Å²) >= 11 is 12.5. The Morgan fingerprint density at radius 2 is 1.93 bits per heavy atom. The van der Waals surface area contributed by atoms with Gasteiger partial charge in [-0.05, 0) is 23.8 Å². The molecule has 3 heterocycles. The van der Waals surface area contributed by atoms with Crippen LogP contribution in [0.2, 0.25) is 10.0 Å². The second-order valence-electron chi connectivity index (χ2n) is 5.64. The van der Waals surface area contributed by atoms with E-state index in [-0.39, 0.29) is 28.5 Å². The van der Waals surface area contributed by atoms with Crippen molar-refractivity contribution >= 4 is 50.6 Å². The zero-order valence-corrected chi connectivity index (χ0v) is 16.0. The van der Waals surface area contributed by atoms with Crippen LogP contribution >= 0.6 is 34.5 Å². The standard InChI is InChI=1S/C16H9Cl2F3N6S/c17-10-2-1-8(3-11(10)18)5-23-13-9-4-12(16(19,20)21)28-14(9)26-15(25-13)27-7-22-6-24-27/h1-4,6-7H,5H2,(H,23,25,26).